The van der Waals surface area contributed by atoms with Gasteiger partial charge in [-0.2, -0.15) is 21.6 Å². The Bertz CT molecular complexity index is 984. The molecule has 2 aromatic carbocycles. The lowest BCUT2D eigenvalue weighted by Gasteiger charge is -2.34. The van der Waals surface area contributed by atoms with Crippen LogP contribution >= 0.6 is 0 Å². The molecular weight excluding hydrogens is 431 g/mol. The number of ether oxygens (including phenoxy) is 1. The minimum Gasteiger partial charge on any atom is -0.496 e. The zero-order valence-electron chi connectivity index (χ0n) is 17.3. The third kappa shape index (κ3) is 5.13. The molecule has 10 heteroatoms. The molecule has 2 atom stereocenters. The number of rotatable bonds is 7. The predicted molar refractivity (Wildman–Crippen MR) is 113 cm³/mol. The second-order valence-electron chi connectivity index (χ2n) is 7.39. The van der Waals surface area contributed by atoms with E-state index >= 15 is 0 Å². The van der Waals surface area contributed by atoms with E-state index in [1.807, 2.05) is 18.2 Å². The van der Waals surface area contributed by atoms with Crippen molar-refractivity contribution >= 4 is 15.7 Å². The van der Waals surface area contributed by atoms with Gasteiger partial charge in [-0.15, -0.1) is 0 Å². The molecule has 170 valence electrons. The van der Waals surface area contributed by atoms with E-state index in [0.29, 0.717) is 17.9 Å². The maximum absolute atomic E-state index is 12.9. The molecule has 0 saturated carbocycles. The number of hydrogen-bond acceptors (Lipinski definition) is 5. The zero-order valence-corrected chi connectivity index (χ0v) is 18.1. The van der Waals surface area contributed by atoms with Gasteiger partial charge in [0.1, 0.15) is 5.75 Å². The second kappa shape index (κ2) is 9.46. The number of nitrogens with zero attached hydrogens (tertiary/aromatic N) is 1. The minimum absolute atomic E-state index is 0.0868. The van der Waals surface area contributed by atoms with Crippen molar-refractivity contribution in [1.29, 1.82) is 0 Å². The fraction of sp³-hybridized carbons (Fsp3) is 0.429. The van der Waals surface area contributed by atoms with Crippen molar-refractivity contribution in [2.45, 2.75) is 37.0 Å². The number of halogens is 3. The Hall–Kier alpha value is -2.30. The van der Waals surface area contributed by atoms with Crippen LogP contribution in [0, 0.1) is 0 Å². The molecule has 3 rings (SSSR count). The van der Waals surface area contributed by atoms with Crippen LogP contribution in [0.1, 0.15) is 30.0 Å². The van der Waals surface area contributed by atoms with E-state index in [0.717, 1.165) is 32.0 Å². The molecule has 1 heterocycles. The largest absolute Gasteiger partial charge is 0.516 e. The van der Waals surface area contributed by atoms with Crippen LogP contribution in [-0.4, -0.2) is 40.7 Å². The first-order valence-corrected chi connectivity index (χ1v) is 11.3. The molecular formula is C21H26F3N3O3S. The average molecular weight is 458 g/mol. The van der Waals surface area contributed by atoms with E-state index < -0.39 is 15.5 Å². The Kier molecular flexibility index (Phi) is 7.13. The minimum atomic E-state index is -5.48. The van der Waals surface area contributed by atoms with Crippen LogP contribution in [0.3, 0.4) is 0 Å². The molecule has 2 aromatic rings. The summed E-state index contributed by atoms with van der Waals surface area (Å²) in [6.07, 6.45) is 1.92. The van der Waals surface area contributed by atoms with Crippen LogP contribution < -0.4 is 19.7 Å². The van der Waals surface area contributed by atoms with Gasteiger partial charge in [-0.1, -0.05) is 30.3 Å². The van der Waals surface area contributed by atoms with Crippen molar-refractivity contribution in [3.63, 3.8) is 0 Å². The quantitative estimate of drug-likeness (QED) is 0.665. The maximum Gasteiger partial charge on any atom is 0.516 e. The van der Waals surface area contributed by atoms with Crippen molar-refractivity contribution in [1.82, 2.24) is 10.6 Å². The number of alkyl halides is 3. The summed E-state index contributed by atoms with van der Waals surface area (Å²) in [5.74, 6) is 0.467. The van der Waals surface area contributed by atoms with Crippen molar-refractivity contribution in [2.75, 3.05) is 25.0 Å². The highest BCUT2D eigenvalue weighted by molar-refractivity contribution is 7.93. The Balaban J connectivity index is 1.81. The molecule has 0 unspecified atom stereocenters. The van der Waals surface area contributed by atoms with Crippen LogP contribution in [0.2, 0.25) is 0 Å². The molecule has 1 saturated heterocycles. The number of piperidine rings is 1. The molecule has 2 N–H and O–H groups in total. The molecule has 31 heavy (non-hydrogen) atoms. The Morgan fingerprint density at radius 1 is 1.19 bits per heavy atom. The standard InChI is InChI=1S/C21H26F3N3O3S/c1-27(31(28,29)21(22,23)24)17-10-11-19(30-2)16(13-17)14-26-18-9-6-12-25-20(18)15-7-4-3-5-8-15/h3-5,7-8,10-11,13,18,20,25-26H,6,9,12,14H2,1-2H3/t18-,20-/m1/s1. The van der Waals surface area contributed by atoms with Crippen LogP contribution in [0.4, 0.5) is 18.9 Å². The van der Waals surface area contributed by atoms with Gasteiger partial charge < -0.3 is 15.4 Å². The topological polar surface area (TPSA) is 70.7 Å². The molecule has 1 aliphatic rings. The summed E-state index contributed by atoms with van der Waals surface area (Å²) >= 11 is 0. The van der Waals surface area contributed by atoms with Crippen LogP contribution in [-0.2, 0) is 16.6 Å². The van der Waals surface area contributed by atoms with E-state index in [2.05, 4.69) is 22.8 Å². The molecule has 6 nitrogen and oxygen atoms in total. The van der Waals surface area contributed by atoms with Crippen molar-refractivity contribution in [3.8, 4) is 5.75 Å². The number of sulfonamides is 1. The van der Waals surface area contributed by atoms with Crippen molar-refractivity contribution in [3.05, 3.63) is 59.7 Å². The average Bonchev–Trinajstić information content (AvgIpc) is 2.77. The smallest absolute Gasteiger partial charge is 0.496 e. The number of anilines is 1. The van der Waals surface area contributed by atoms with Gasteiger partial charge in [0.2, 0.25) is 0 Å². The van der Waals surface area contributed by atoms with Crippen molar-refractivity contribution in [2.24, 2.45) is 0 Å². The number of benzene rings is 2. The molecule has 0 spiro atoms. The summed E-state index contributed by atoms with van der Waals surface area (Å²) in [5.41, 5.74) is -3.74. The Labute approximate surface area is 180 Å². The van der Waals surface area contributed by atoms with Crippen LogP contribution in [0.25, 0.3) is 0 Å². The number of hydrogen-bond donors (Lipinski definition) is 2. The fourth-order valence-corrected chi connectivity index (χ4v) is 4.45. The summed E-state index contributed by atoms with van der Waals surface area (Å²) in [6, 6.07) is 14.4. The third-order valence-corrected chi connectivity index (χ3v) is 6.97. The third-order valence-electron chi connectivity index (χ3n) is 5.45. The van der Waals surface area contributed by atoms with E-state index in [1.165, 1.54) is 25.3 Å². The van der Waals surface area contributed by atoms with Crippen LogP contribution in [0.15, 0.2) is 48.5 Å². The molecule has 0 radical (unpaired) electrons. The Morgan fingerprint density at radius 3 is 2.55 bits per heavy atom. The summed E-state index contributed by atoms with van der Waals surface area (Å²) in [7, 11) is -3.13. The van der Waals surface area contributed by atoms with Gasteiger partial charge in [-0.25, -0.2) is 0 Å². The molecule has 0 aromatic heterocycles. The van der Waals surface area contributed by atoms with Crippen molar-refractivity contribution < 1.29 is 26.3 Å². The molecule has 1 fully saturated rings. The van der Waals surface area contributed by atoms with E-state index in [4.69, 9.17) is 4.74 Å². The SMILES string of the molecule is COc1ccc(N(C)S(=O)(=O)C(F)(F)F)cc1CN[C@@H]1CCCN[C@@H]1c1ccccc1. The fourth-order valence-electron chi connectivity index (χ4n) is 3.75. The van der Waals surface area contributed by atoms with Gasteiger partial charge in [0, 0.05) is 31.2 Å². The molecule has 0 amide bonds. The van der Waals surface area contributed by atoms with E-state index in [1.54, 1.807) is 0 Å². The molecule has 0 aliphatic carbocycles. The highest BCUT2D eigenvalue weighted by atomic mass is 32.2. The maximum atomic E-state index is 12.9. The summed E-state index contributed by atoms with van der Waals surface area (Å²) in [5, 5.41) is 6.97. The van der Waals surface area contributed by atoms with Gasteiger partial charge in [-0.05, 0) is 43.1 Å². The first kappa shape index (κ1) is 23.4. The Morgan fingerprint density at radius 2 is 1.90 bits per heavy atom. The monoisotopic (exact) mass is 457 g/mol. The van der Waals surface area contributed by atoms with Gasteiger partial charge in [-0.3, -0.25) is 4.31 Å². The van der Waals surface area contributed by atoms with E-state index in [9.17, 15) is 21.6 Å². The highest BCUT2D eigenvalue weighted by Gasteiger charge is 2.49. The number of nitrogens with one attached hydrogen (secondary N) is 2. The number of methoxy groups -OCH3 is 1. The normalized spacial score (nSPS) is 19.8. The molecule has 0 bridgehead atoms. The lowest BCUT2D eigenvalue weighted by molar-refractivity contribution is -0.0437. The van der Waals surface area contributed by atoms with Gasteiger partial charge >= 0.3 is 15.5 Å². The predicted octanol–water partition coefficient (Wildman–Crippen LogP) is 3.56. The second-order valence-corrected chi connectivity index (χ2v) is 9.35. The summed E-state index contributed by atoms with van der Waals surface area (Å²) in [4.78, 5) is 0. The lowest BCUT2D eigenvalue weighted by atomic mass is 9.92. The molecule has 1 aliphatic heterocycles. The van der Waals surface area contributed by atoms with Crippen LogP contribution in [0.5, 0.6) is 5.75 Å². The highest BCUT2D eigenvalue weighted by Crippen LogP contribution is 2.32. The summed E-state index contributed by atoms with van der Waals surface area (Å²) in [6.45, 7) is 1.21. The first-order valence-electron chi connectivity index (χ1n) is 9.89. The summed E-state index contributed by atoms with van der Waals surface area (Å²) < 4.78 is 67.9. The zero-order chi connectivity index (χ0) is 22.6. The van der Waals surface area contributed by atoms with Gasteiger partial charge in [0.15, 0.2) is 0 Å². The van der Waals surface area contributed by atoms with Gasteiger partial charge in [0.05, 0.1) is 12.8 Å². The van der Waals surface area contributed by atoms with Gasteiger partial charge in [0.25, 0.3) is 0 Å². The van der Waals surface area contributed by atoms with E-state index in [-0.39, 0.29) is 22.1 Å². The lowest BCUT2D eigenvalue weighted by Crippen LogP contribution is -2.45. The first-order chi connectivity index (χ1) is 14.6.